The lowest BCUT2D eigenvalue weighted by Gasteiger charge is -2.29. The summed E-state index contributed by atoms with van der Waals surface area (Å²) < 4.78 is 14.1. The molecule has 1 aliphatic heterocycles. The third kappa shape index (κ3) is 1.71. The Morgan fingerprint density at radius 2 is 2.08 bits per heavy atom. The Bertz CT molecular complexity index is 268. The van der Waals surface area contributed by atoms with Gasteiger partial charge in [-0.1, -0.05) is 30.3 Å². The molecule has 2 rings (SSSR count). The number of nitrogens with one attached hydrogen (secondary N) is 1. The molecule has 0 spiro atoms. The molecular formula is C10H12FN2. The monoisotopic (exact) mass is 179 g/mol. The minimum absolute atomic E-state index is 0.289. The second-order valence-electron chi connectivity index (χ2n) is 3.18. The maximum atomic E-state index is 14.1. The molecule has 1 heterocycles. The molecule has 2 nitrogen and oxygen atoms in total. The summed E-state index contributed by atoms with van der Waals surface area (Å²) >= 11 is 0. The molecule has 1 aromatic carbocycles. The lowest BCUT2D eigenvalue weighted by molar-refractivity contribution is 0.0875. The maximum absolute atomic E-state index is 14.1. The smallest absolute Gasteiger partial charge is 0.214 e. The van der Waals surface area contributed by atoms with Crippen LogP contribution in [-0.4, -0.2) is 19.6 Å². The molecule has 1 aromatic rings. The Labute approximate surface area is 77.2 Å². The van der Waals surface area contributed by atoms with Crippen molar-refractivity contribution in [2.45, 2.75) is 5.79 Å². The number of halogens is 1. The van der Waals surface area contributed by atoms with Gasteiger partial charge in [-0.15, -0.1) is 0 Å². The van der Waals surface area contributed by atoms with Crippen LogP contribution in [0.4, 0.5) is 4.39 Å². The fourth-order valence-corrected chi connectivity index (χ4v) is 1.51. The van der Waals surface area contributed by atoms with E-state index in [1.807, 2.05) is 18.2 Å². The Hall–Kier alpha value is -0.930. The number of nitrogens with zero attached hydrogens (tertiary/aromatic N) is 1. The number of piperazine rings is 1. The molecule has 69 valence electrons. The van der Waals surface area contributed by atoms with E-state index in [2.05, 4.69) is 10.6 Å². The molecular weight excluding hydrogens is 167 g/mol. The van der Waals surface area contributed by atoms with Crippen LogP contribution < -0.4 is 10.6 Å². The number of benzene rings is 1. The van der Waals surface area contributed by atoms with Gasteiger partial charge in [-0.05, 0) is 0 Å². The summed E-state index contributed by atoms with van der Waals surface area (Å²) in [6, 6.07) is 9.09. The highest BCUT2D eigenvalue weighted by Gasteiger charge is 2.34. The maximum Gasteiger partial charge on any atom is 0.214 e. The summed E-state index contributed by atoms with van der Waals surface area (Å²) in [6.45, 7) is 1.61. The van der Waals surface area contributed by atoms with Crippen molar-refractivity contribution in [2.75, 3.05) is 19.6 Å². The lowest BCUT2D eigenvalue weighted by Crippen LogP contribution is -2.49. The minimum atomic E-state index is -1.51. The van der Waals surface area contributed by atoms with E-state index >= 15 is 0 Å². The van der Waals surface area contributed by atoms with E-state index in [-0.39, 0.29) is 6.54 Å². The predicted molar refractivity (Wildman–Crippen MR) is 49.1 cm³/mol. The summed E-state index contributed by atoms with van der Waals surface area (Å²) in [5, 5.41) is 7.01. The first kappa shape index (κ1) is 8.66. The first-order chi connectivity index (χ1) is 6.31. The molecule has 1 aliphatic rings. The Balaban J connectivity index is 2.23. The lowest BCUT2D eigenvalue weighted by atomic mass is 10.0. The van der Waals surface area contributed by atoms with E-state index in [0.717, 1.165) is 6.54 Å². The minimum Gasteiger partial charge on any atom is -0.311 e. The summed E-state index contributed by atoms with van der Waals surface area (Å²) in [7, 11) is 0. The van der Waals surface area contributed by atoms with Gasteiger partial charge in [0.1, 0.15) is 0 Å². The normalized spacial score (nSPS) is 28.7. The van der Waals surface area contributed by atoms with Crippen LogP contribution in [0.2, 0.25) is 0 Å². The van der Waals surface area contributed by atoms with Gasteiger partial charge in [-0.25, -0.2) is 4.39 Å². The van der Waals surface area contributed by atoms with Gasteiger partial charge in [0.15, 0.2) is 0 Å². The molecule has 1 radical (unpaired) electrons. The van der Waals surface area contributed by atoms with Crippen molar-refractivity contribution in [1.29, 1.82) is 0 Å². The molecule has 1 atom stereocenters. The van der Waals surface area contributed by atoms with Gasteiger partial charge in [-0.2, -0.15) is 5.32 Å². The van der Waals surface area contributed by atoms with Crippen LogP contribution in [0, 0.1) is 0 Å². The quantitative estimate of drug-likeness (QED) is 0.640. The zero-order valence-corrected chi connectivity index (χ0v) is 7.33. The fourth-order valence-electron chi connectivity index (χ4n) is 1.51. The summed E-state index contributed by atoms with van der Waals surface area (Å²) in [5.41, 5.74) is 0.641. The van der Waals surface area contributed by atoms with Crippen molar-refractivity contribution < 1.29 is 4.39 Å². The van der Waals surface area contributed by atoms with Crippen LogP contribution in [0.1, 0.15) is 5.56 Å². The number of alkyl halides is 1. The van der Waals surface area contributed by atoms with Crippen molar-refractivity contribution in [3.05, 3.63) is 35.9 Å². The van der Waals surface area contributed by atoms with E-state index in [4.69, 9.17) is 0 Å². The van der Waals surface area contributed by atoms with Gasteiger partial charge >= 0.3 is 0 Å². The number of hydrogen-bond donors (Lipinski definition) is 1. The van der Waals surface area contributed by atoms with E-state index < -0.39 is 5.79 Å². The van der Waals surface area contributed by atoms with Gasteiger partial charge in [-0.3, -0.25) is 0 Å². The zero-order valence-electron chi connectivity index (χ0n) is 7.33. The Morgan fingerprint density at radius 1 is 1.31 bits per heavy atom. The summed E-state index contributed by atoms with van der Waals surface area (Å²) in [6.07, 6.45) is 0. The van der Waals surface area contributed by atoms with Gasteiger partial charge < -0.3 is 5.32 Å². The van der Waals surface area contributed by atoms with Gasteiger partial charge in [0.2, 0.25) is 5.79 Å². The molecule has 0 aromatic heterocycles. The summed E-state index contributed by atoms with van der Waals surface area (Å²) in [4.78, 5) is 0. The third-order valence-corrected chi connectivity index (χ3v) is 2.23. The molecule has 0 aliphatic carbocycles. The molecule has 0 amide bonds. The predicted octanol–water partition coefficient (Wildman–Crippen LogP) is 1.02. The van der Waals surface area contributed by atoms with Gasteiger partial charge in [0.25, 0.3) is 0 Å². The Kier molecular flexibility index (Phi) is 2.29. The largest absolute Gasteiger partial charge is 0.311 e. The molecule has 1 unspecified atom stereocenters. The average molecular weight is 179 g/mol. The molecule has 1 fully saturated rings. The Morgan fingerprint density at radius 3 is 2.69 bits per heavy atom. The highest BCUT2D eigenvalue weighted by atomic mass is 19.1. The standard InChI is InChI=1S/C10H12FN2/c11-10(8-12-6-7-13-10)9-4-2-1-3-5-9/h1-5,12H,6-8H2. The zero-order chi connectivity index (χ0) is 9.15. The second-order valence-corrected chi connectivity index (χ2v) is 3.18. The third-order valence-electron chi connectivity index (χ3n) is 2.23. The van der Waals surface area contributed by atoms with Crippen molar-refractivity contribution in [1.82, 2.24) is 10.6 Å². The second kappa shape index (κ2) is 3.44. The number of rotatable bonds is 1. The molecule has 1 saturated heterocycles. The summed E-state index contributed by atoms with van der Waals surface area (Å²) in [5.74, 6) is -1.51. The number of hydrogen-bond acceptors (Lipinski definition) is 1. The first-order valence-corrected chi connectivity index (χ1v) is 4.45. The molecule has 3 heteroatoms. The highest BCUT2D eigenvalue weighted by Crippen LogP contribution is 2.24. The SMILES string of the molecule is FC1(c2ccccc2)CNCC[N]1. The molecule has 13 heavy (non-hydrogen) atoms. The van der Waals surface area contributed by atoms with E-state index in [9.17, 15) is 4.39 Å². The molecule has 0 bridgehead atoms. The highest BCUT2D eigenvalue weighted by molar-refractivity contribution is 5.22. The van der Waals surface area contributed by atoms with E-state index in [0.29, 0.717) is 12.1 Å². The van der Waals surface area contributed by atoms with Crippen molar-refractivity contribution in [2.24, 2.45) is 0 Å². The van der Waals surface area contributed by atoms with Crippen LogP contribution in [0.3, 0.4) is 0 Å². The van der Waals surface area contributed by atoms with Crippen LogP contribution in [0.25, 0.3) is 0 Å². The van der Waals surface area contributed by atoms with Crippen molar-refractivity contribution in [3.63, 3.8) is 0 Å². The molecule has 1 N–H and O–H groups in total. The van der Waals surface area contributed by atoms with Gasteiger partial charge in [0.05, 0.1) is 0 Å². The topological polar surface area (TPSA) is 26.1 Å². The fraction of sp³-hybridized carbons (Fsp3) is 0.400. The van der Waals surface area contributed by atoms with Crippen molar-refractivity contribution in [3.8, 4) is 0 Å². The van der Waals surface area contributed by atoms with Crippen LogP contribution in [-0.2, 0) is 5.79 Å². The van der Waals surface area contributed by atoms with E-state index in [1.54, 1.807) is 12.1 Å². The van der Waals surface area contributed by atoms with Crippen LogP contribution in [0.5, 0.6) is 0 Å². The average Bonchev–Trinajstić information content (AvgIpc) is 2.20. The van der Waals surface area contributed by atoms with Crippen molar-refractivity contribution >= 4 is 0 Å². The molecule has 0 saturated carbocycles. The van der Waals surface area contributed by atoms with Gasteiger partial charge in [0, 0.05) is 25.2 Å². The van der Waals surface area contributed by atoms with Crippen LogP contribution >= 0.6 is 0 Å². The first-order valence-electron chi connectivity index (χ1n) is 4.45. The van der Waals surface area contributed by atoms with Crippen LogP contribution in [0.15, 0.2) is 30.3 Å². The van der Waals surface area contributed by atoms with E-state index in [1.165, 1.54) is 0 Å².